The molecule has 4 nitrogen and oxygen atoms in total. The summed E-state index contributed by atoms with van der Waals surface area (Å²) in [6.07, 6.45) is 0. The molecule has 28 heavy (non-hydrogen) atoms. The highest BCUT2D eigenvalue weighted by Gasteiger charge is 2.18. The fourth-order valence-electron chi connectivity index (χ4n) is 2.94. The first-order chi connectivity index (χ1) is 13.6. The second kappa shape index (κ2) is 7.60. The van der Waals surface area contributed by atoms with Crippen LogP contribution in [-0.2, 0) is 0 Å². The molecule has 0 fully saturated rings. The fourth-order valence-corrected chi connectivity index (χ4v) is 2.94. The number of nitrogens with zero attached hydrogens (tertiary/aromatic N) is 2. The molecule has 0 atom stereocenters. The molecule has 6 heteroatoms. The van der Waals surface area contributed by atoms with Gasteiger partial charge in [-0.05, 0) is 73.7 Å². The van der Waals surface area contributed by atoms with E-state index in [0.29, 0.717) is 35.0 Å². The third kappa shape index (κ3) is 3.62. The smallest absolute Gasteiger partial charge is 0.154 e. The predicted molar refractivity (Wildman–Crippen MR) is 105 cm³/mol. The zero-order chi connectivity index (χ0) is 19.5. The number of amidine groups is 1. The first kappa shape index (κ1) is 17.9. The van der Waals surface area contributed by atoms with Crippen LogP contribution in [0.4, 0.5) is 14.5 Å². The van der Waals surface area contributed by atoms with Crippen LogP contribution >= 0.6 is 0 Å². The topological polar surface area (TPSA) is 46.0 Å². The highest BCUT2D eigenvalue weighted by molar-refractivity contribution is 6.18. The van der Waals surface area contributed by atoms with E-state index >= 15 is 0 Å². The van der Waals surface area contributed by atoms with Crippen LogP contribution in [0.1, 0.15) is 23.6 Å². The predicted octanol–water partition coefficient (Wildman–Crippen LogP) is 4.80. The minimum Gasteiger partial charge on any atom is -0.494 e. The lowest BCUT2D eigenvalue weighted by Crippen LogP contribution is -2.19. The lowest BCUT2D eigenvalue weighted by Gasteiger charge is -2.09. The van der Waals surface area contributed by atoms with Gasteiger partial charge in [0.05, 0.1) is 12.3 Å². The number of benzene rings is 3. The second-order valence-electron chi connectivity index (χ2n) is 6.16. The molecule has 4 rings (SSSR count). The van der Waals surface area contributed by atoms with Gasteiger partial charge in [-0.15, -0.1) is 0 Å². The Hall–Kier alpha value is -3.54. The van der Waals surface area contributed by atoms with Crippen molar-refractivity contribution < 1.29 is 13.5 Å². The molecule has 3 aromatic rings. The Morgan fingerprint density at radius 2 is 1.54 bits per heavy atom. The Labute approximate surface area is 161 Å². The van der Waals surface area contributed by atoms with Gasteiger partial charge >= 0.3 is 0 Å². The van der Waals surface area contributed by atoms with Crippen molar-refractivity contribution in [3.05, 3.63) is 95.1 Å². The average Bonchev–Trinajstić information content (AvgIpc) is 2.89. The number of aliphatic imine (C=N–C) groups is 1. The Balaban J connectivity index is 1.79. The summed E-state index contributed by atoms with van der Waals surface area (Å²) in [6, 6.07) is 17.7. The van der Waals surface area contributed by atoms with E-state index in [0.717, 1.165) is 11.3 Å². The van der Waals surface area contributed by atoms with Gasteiger partial charge in [-0.1, -0.05) is 0 Å². The Kier molecular flexibility index (Phi) is 4.85. The molecule has 1 heterocycles. The van der Waals surface area contributed by atoms with Crippen molar-refractivity contribution in [2.24, 2.45) is 10.1 Å². The van der Waals surface area contributed by atoms with Crippen LogP contribution in [0.25, 0.3) is 0 Å². The molecule has 1 aliphatic heterocycles. The molecule has 0 bridgehead atoms. The maximum Gasteiger partial charge on any atom is 0.154 e. The highest BCUT2D eigenvalue weighted by atomic mass is 19.1. The lowest BCUT2D eigenvalue weighted by molar-refractivity contribution is 0.340. The molecule has 0 aliphatic carbocycles. The van der Waals surface area contributed by atoms with Crippen molar-refractivity contribution >= 4 is 17.2 Å². The van der Waals surface area contributed by atoms with E-state index in [9.17, 15) is 8.78 Å². The number of hydrazone groups is 1. The number of halogens is 2. The normalized spacial score (nSPS) is 13.0. The van der Waals surface area contributed by atoms with Crippen LogP contribution in [0.15, 0.2) is 76.8 Å². The van der Waals surface area contributed by atoms with Crippen LogP contribution in [0, 0.1) is 11.6 Å². The molecule has 0 amide bonds. The number of nitrogens with one attached hydrogen (secondary N) is 1. The summed E-state index contributed by atoms with van der Waals surface area (Å²) in [5, 5.41) is 4.47. The third-order valence-electron chi connectivity index (χ3n) is 4.28. The van der Waals surface area contributed by atoms with Gasteiger partial charge in [-0.25, -0.2) is 13.8 Å². The number of hydrogen-bond donors (Lipinski definition) is 1. The number of fused-ring (bicyclic) bond motifs is 1. The quantitative estimate of drug-likeness (QED) is 0.710. The third-order valence-corrected chi connectivity index (χ3v) is 4.28. The van der Waals surface area contributed by atoms with Gasteiger partial charge in [0.15, 0.2) is 5.84 Å². The molecule has 0 aromatic heterocycles. The summed E-state index contributed by atoms with van der Waals surface area (Å²) >= 11 is 0. The van der Waals surface area contributed by atoms with Gasteiger partial charge in [-0.2, -0.15) is 5.10 Å². The van der Waals surface area contributed by atoms with Crippen molar-refractivity contribution in [2.75, 3.05) is 6.61 Å². The molecule has 0 unspecified atom stereocenters. The second-order valence-corrected chi connectivity index (χ2v) is 6.16. The van der Waals surface area contributed by atoms with Crippen molar-refractivity contribution in [3.63, 3.8) is 0 Å². The Bertz CT molecular complexity index is 1060. The molecular formula is C22H17F2N3O. The number of ether oxygens (including phenoxy) is 1. The average molecular weight is 377 g/mol. The van der Waals surface area contributed by atoms with Crippen molar-refractivity contribution in [1.82, 2.24) is 5.43 Å². The zero-order valence-electron chi connectivity index (χ0n) is 15.1. The minimum absolute atomic E-state index is 0.334. The van der Waals surface area contributed by atoms with E-state index in [2.05, 4.69) is 15.5 Å². The van der Waals surface area contributed by atoms with E-state index in [-0.39, 0.29) is 11.6 Å². The van der Waals surface area contributed by atoms with E-state index in [1.807, 2.05) is 31.2 Å². The summed E-state index contributed by atoms with van der Waals surface area (Å²) in [4.78, 5) is 4.58. The number of rotatable bonds is 4. The zero-order valence-corrected chi connectivity index (χ0v) is 15.1. The fraction of sp³-hybridized carbons (Fsp3) is 0.0909. The standard InChI is InChI=1S/C22H17F2N3O/c1-2-28-18-10-5-14(6-11-18)21-19-13-17(24)9-12-20(19)25-22(27-26-21)15-3-7-16(23)8-4-15/h3-13H,2H2,1H3,(H,25,27). The van der Waals surface area contributed by atoms with Crippen LogP contribution in [0.3, 0.4) is 0 Å². The molecule has 0 saturated heterocycles. The van der Waals surface area contributed by atoms with Crippen molar-refractivity contribution in [1.29, 1.82) is 0 Å². The van der Waals surface area contributed by atoms with E-state index < -0.39 is 0 Å². The maximum atomic E-state index is 14.0. The SMILES string of the molecule is CCOc1ccc(C2=NNC(c3ccc(F)cc3)=Nc3ccc(F)cc32)cc1. The van der Waals surface area contributed by atoms with Crippen molar-refractivity contribution in [3.8, 4) is 5.75 Å². The molecule has 0 spiro atoms. The highest BCUT2D eigenvalue weighted by Crippen LogP contribution is 2.27. The first-order valence-electron chi connectivity index (χ1n) is 8.85. The largest absolute Gasteiger partial charge is 0.494 e. The summed E-state index contributed by atoms with van der Waals surface area (Å²) in [5.74, 6) is 0.488. The summed E-state index contributed by atoms with van der Waals surface area (Å²) < 4.78 is 32.7. The summed E-state index contributed by atoms with van der Waals surface area (Å²) in [5.41, 5.74) is 6.08. The molecule has 1 aliphatic rings. The Morgan fingerprint density at radius 1 is 0.857 bits per heavy atom. The van der Waals surface area contributed by atoms with Gasteiger partial charge in [-0.3, -0.25) is 5.43 Å². The van der Waals surface area contributed by atoms with Crippen LogP contribution in [0.5, 0.6) is 5.75 Å². The van der Waals surface area contributed by atoms with Gasteiger partial charge < -0.3 is 4.74 Å². The van der Waals surface area contributed by atoms with E-state index in [4.69, 9.17) is 4.74 Å². The van der Waals surface area contributed by atoms with Gasteiger partial charge in [0.1, 0.15) is 23.1 Å². The van der Waals surface area contributed by atoms with Gasteiger partial charge in [0.2, 0.25) is 0 Å². The van der Waals surface area contributed by atoms with Crippen molar-refractivity contribution in [2.45, 2.75) is 6.92 Å². The monoisotopic (exact) mass is 377 g/mol. The number of hydrogen-bond acceptors (Lipinski definition) is 4. The maximum absolute atomic E-state index is 14.0. The lowest BCUT2D eigenvalue weighted by atomic mass is 10.0. The van der Waals surface area contributed by atoms with E-state index in [1.165, 1.54) is 24.3 Å². The molecule has 3 aromatic carbocycles. The van der Waals surface area contributed by atoms with E-state index in [1.54, 1.807) is 18.2 Å². The summed E-state index contributed by atoms with van der Waals surface area (Å²) in [6.45, 7) is 2.49. The summed E-state index contributed by atoms with van der Waals surface area (Å²) in [7, 11) is 0. The molecular weight excluding hydrogens is 360 g/mol. The van der Waals surface area contributed by atoms with Crippen LogP contribution in [-0.4, -0.2) is 18.2 Å². The molecule has 0 radical (unpaired) electrons. The van der Waals surface area contributed by atoms with Crippen LogP contribution < -0.4 is 10.2 Å². The minimum atomic E-state index is -0.377. The molecule has 1 N–H and O–H groups in total. The molecule has 0 saturated carbocycles. The molecule has 140 valence electrons. The van der Waals surface area contributed by atoms with Gasteiger partial charge in [0.25, 0.3) is 0 Å². The first-order valence-corrected chi connectivity index (χ1v) is 8.85. The van der Waals surface area contributed by atoms with Crippen LogP contribution in [0.2, 0.25) is 0 Å². The van der Waals surface area contributed by atoms with Gasteiger partial charge in [0, 0.05) is 16.7 Å². The Morgan fingerprint density at radius 3 is 2.25 bits per heavy atom.